The molecule has 0 saturated heterocycles. The molecule has 9 nitrogen and oxygen atoms in total. The molecule has 0 bridgehead atoms. The molecule has 0 aliphatic carbocycles. The third kappa shape index (κ3) is 4.39. The summed E-state index contributed by atoms with van der Waals surface area (Å²) in [6.07, 6.45) is 4.89. The van der Waals surface area contributed by atoms with E-state index in [1.807, 2.05) is 0 Å². The smallest absolute Gasteiger partial charge is 0.276 e. The lowest BCUT2D eigenvalue weighted by atomic mass is 10.3. The fourth-order valence-corrected chi connectivity index (χ4v) is 2.19. The maximum atomic E-state index is 12.2. The van der Waals surface area contributed by atoms with Gasteiger partial charge in [-0.2, -0.15) is 10.2 Å². The van der Waals surface area contributed by atoms with Crippen LogP contribution in [-0.2, 0) is 18.2 Å². The van der Waals surface area contributed by atoms with E-state index in [0.29, 0.717) is 18.2 Å². The van der Waals surface area contributed by atoms with Gasteiger partial charge in [0.15, 0.2) is 12.4 Å². The molecule has 0 atom stereocenters. The van der Waals surface area contributed by atoms with Gasteiger partial charge in [0.1, 0.15) is 18.2 Å². The first-order valence-electron chi connectivity index (χ1n) is 7.81. The SMILES string of the molecule is COCn1cc(NC(=O)c2ccn(COc3ccc(OC)cc3)n2)cn1. The molecule has 1 amide bonds. The Labute approximate surface area is 150 Å². The predicted octanol–water partition coefficient (Wildman–Crippen LogP) is 1.98. The van der Waals surface area contributed by atoms with Crippen LogP contribution in [0.2, 0.25) is 0 Å². The number of nitrogens with zero attached hydrogens (tertiary/aromatic N) is 4. The molecule has 0 aliphatic heterocycles. The molecule has 2 aromatic heterocycles. The molecule has 1 N–H and O–H groups in total. The minimum Gasteiger partial charge on any atom is -0.497 e. The first-order chi connectivity index (χ1) is 12.7. The molecular weight excluding hydrogens is 338 g/mol. The Balaban J connectivity index is 1.55. The summed E-state index contributed by atoms with van der Waals surface area (Å²) in [4.78, 5) is 12.2. The van der Waals surface area contributed by atoms with Crippen molar-refractivity contribution in [1.82, 2.24) is 19.6 Å². The van der Waals surface area contributed by atoms with Crippen molar-refractivity contribution in [2.45, 2.75) is 13.5 Å². The first-order valence-corrected chi connectivity index (χ1v) is 7.81. The van der Waals surface area contributed by atoms with Gasteiger partial charge in [0, 0.05) is 13.3 Å². The molecule has 3 rings (SSSR count). The summed E-state index contributed by atoms with van der Waals surface area (Å²) in [7, 11) is 3.18. The maximum Gasteiger partial charge on any atom is 0.276 e. The van der Waals surface area contributed by atoms with Gasteiger partial charge >= 0.3 is 0 Å². The van der Waals surface area contributed by atoms with Gasteiger partial charge in [0.25, 0.3) is 5.91 Å². The fourth-order valence-electron chi connectivity index (χ4n) is 2.19. The van der Waals surface area contributed by atoms with Crippen LogP contribution >= 0.6 is 0 Å². The zero-order chi connectivity index (χ0) is 18.4. The monoisotopic (exact) mass is 357 g/mol. The number of aromatic nitrogens is 4. The summed E-state index contributed by atoms with van der Waals surface area (Å²) in [5.41, 5.74) is 0.846. The predicted molar refractivity (Wildman–Crippen MR) is 93.0 cm³/mol. The molecule has 0 spiro atoms. The summed E-state index contributed by atoms with van der Waals surface area (Å²) in [5.74, 6) is 1.10. The van der Waals surface area contributed by atoms with E-state index in [1.54, 1.807) is 67.8 Å². The van der Waals surface area contributed by atoms with Gasteiger partial charge < -0.3 is 19.5 Å². The van der Waals surface area contributed by atoms with E-state index < -0.39 is 0 Å². The molecule has 0 saturated carbocycles. The highest BCUT2D eigenvalue weighted by Crippen LogP contribution is 2.17. The van der Waals surface area contributed by atoms with Crippen molar-refractivity contribution in [2.24, 2.45) is 0 Å². The maximum absolute atomic E-state index is 12.2. The molecule has 0 fully saturated rings. The number of carbonyl (C=O) groups is 1. The Morgan fingerprint density at radius 3 is 2.58 bits per heavy atom. The number of nitrogens with one attached hydrogen (secondary N) is 1. The van der Waals surface area contributed by atoms with Crippen LogP contribution in [0.1, 0.15) is 10.5 Å². The minimum atomic E-state index is -0.329. The van der Waals surface area contributed by atoms with Gasteiger partial charge in [-0.05, 0) is 30.3 Å². The second-order valence-corrected chi connectivity index (χ2v) is 5.33. The third-order valence-electron chi connectivity index (χ3n) is 3.45. The van der Waals surface area contributed by atoms with E-state index in [0.717, 1.165) is 5.75 Å². The number of carbonyl (C=O) groups excluding carboxylic acids is 1. The van der Waals surface area contributed by atoms with Gasteiger partial charge in [-0.1, -0.05) is 0 Å². The Bertz CT molecular complexity index is 856. The number of ether oxygens (including phenoxy) is 3. The van der Waals surface area contributed by atoms with Crippen molar-refractivity contribution in [3.8, 4) is 11.5 Å². The van der Waals surface area contributed by atoms with Gasteiger partial charge in [0.2, 0.25) is 0 Å². The van der Waals surface area contributed by atoms with Crippen molar-refractivity contribution in [2.75, 3.05) is 19.5 Å². The van der Waals surface area contributed by atoms with E-state index in [1.165, 1.54) is 4.68 Å². The Kier molecular flexibility index (Phi) is 5.49. The summed E-state index contributed by atoms with van der Waals surface area (Å²) in [6.45, 7) is 0.499. The summed E-state index contributed by atoms with van der Waals surface area (Å²) >= 11 is 0. The van der Waals surface area contributed by atoms with Crippen LogP contribution in [0.4, 0.5) is 5.69 Å². The summed E-state index contributed by atoms with van der Waals surface area (Å²) in [5, 5.41) is 11.0. The van der Waals surface area contributed by atoms with Crippen LogP contribution in [0.5, 0.6) is 11.5 Å². The Hall–Kier alpha value is -3.33. The van der Waals surface area contributed by atoms with Gasteiger partial charge in [-0.15, -0.1) is 0 Å². The second-order valence-electron chi connectivity index (χ2n) is 5.33. The Morgan fingerprint density at radius 1 is 1.08 bits per heavy atom. The van der Waals surface area contributed by atoms with Crippen LogP contribution in [0.3, 0.4) is 0 Å². The van der Waals surface area contributed by atoms with Crippen molar-refractivity contribution < 1.29 is 19.0 Å². The van der Waals surface area contributed by atoms with Crippen LogP contribution in [0.15, 0.2) is 48.9 Å². The zero-order valence-electron chi connectivity index (χ0n) is 14.5. The van der Waals surface area contributed by atoms with E-state index in [-0.39, 0.29) is 18.3 Å². The number of benzene rings is 1. The van der Waals surface area contributed by atoms with E-state index in [2.05, 4.69) is 15.5 Å². The van der Waals surface area contributed by atoms with Crippen LogP contribution in [-0.4, -0.2) is 39.7 Å². The van der Waals surface area contributed by atoms with E-state index >= 15 is 0 Å². The normalized spacial score (nSPS) is 10.5. The summed E-state index contributed by atoms with van der Waals surface area (Å²) in [6, 6.07) is 8.83. The van der Waals surface area contributed by atoms with E-state index in [4.69, 9.17) is 14.2 Å². The van der Waals surface area contributed by atoms with Gasteiger partial charge in [0.05, 0.1) is 25.2 Å². The number of hydrogen-bond donors (Lipinski definition) is 1. The molecule has 0 unspecified atom stereocenters. The van der Waals surface area contributed by atoms with Crippen LogP contribution in [0, 0.1) is 0 Å². The molecule has 2 heterocycles. The molecule has 0 radical (unpaired) electrons. The third-order valence-corrected chi connectivity index (χ3v) is 3.45. The van der Waals surface area contributed by atoms with Crippen molar-refractivity contribution in [1.29, 1.82) is 0 Å². The average molecular weight is 357 g/mol. The number of anilines is 1. The average Bonchev–Trinajstić information content (AvgIpc) is 3.30. The molecule has 9 heteroatoms. The highest BCUT2D eigenvalue weighted by Gasteiger charge is 2.11. The fraction of sp³-hybridized carbons (Fsp3) is 0.235. The molecule has 3 aromatic rings. The first kappa shape index (κ1) is 17.5. The number of hydrogen-bond acceptors (Lipinski definition) is 6. The lowest BCUT2D eigenvalue weighted by Crippen LogP contribution is -2.14. The molecule has 1 aromatic carbocycles. The minimum absolute atomic E-state index is 0.186. The summed E-state index contributed by atoms with van der Waals surface area (Å²) < 4.78 is 18.8. The number of methoxy groups -OCH3 is 2. The molecule has 0 aliphatic rings. The quantitative estimate of drug-likeness (QED) is 0.663. The molecular formula is C17H19N5O4. The standard InChI is InChI=1S/C17H19N5O4/c1-24-11-22-10-13(9-18-22)19-17(23)16-7-8-21(20-16)12-26-15-5-3-14(25-2)4-6-15/h3-10H,11-12H2,1-2H3,(H,19,23). The van der Waals surface area contributed by atoms with E-state index in [9.17, 15) is 4.79 Å². The van der Waals surface area contributed by atoms with Crippen molar-refractivity contribution >= 4 is 11.6 Å². The highest BCUT2D eigenvalue weighted by atomic mass is 16.5. The highest BCUT2D eigenvalue weighted by molar-refractivity contribution is 6.02. The van der Waals surface area contributed by atoms with Crippen molar-refractivity contribution in [3.05, 3.63) is 54.6 Å². The van der Waals surface area contributed by atoms with Crippen molar-refractivity contribution in [3.63, 3.8) is 0 Å². The molecule has 26 heavy (non-hydrogen) atoms. The number of amides is 1. The van der Waals surface area contributed by atoms with Crippen LogP contribution in [0.25, 0.3) is 0 Å². The zero-order valence-corrected chi connectivity index (χ0v) is 14.5. The van der Waals surface area contributed by atoms with Gasteiger partial charge in [-0.25, -0.2) is 9.36 Å². The van der Waals surface area contributed by atoms with Crippen LogP contribution < -0.4 is 14.8 Å². The topological polar surface area (TPSA) is 92.4 Å². The molecule has 136 valence electrons. The lowest BCUT2D eigenvalue weighted by Gasteiger charge is -2.07. The largest absolute Gasteiger partial charge is 0.497 e. The Morgan fingerprint density at radius 2 is 1.85 bits per heavy atom. The lowest BCUT2D eigenvalue weighted by molar-refractivity contribution is 0.102. The van der Waals surface area contributed by atoms with Gasteiger partial charge in [-0.3, -0.25) is 4.79 Å². The second kappa shape index (κ2) is 8.17. The number of rotatable bonds is 8.